The van der Waals surface area contributed by atoms with Crippen LogP contribution in [0.2, 0.25) is 19.6 Å². The van der Waals surface area contributed by atoms with Gasteiger partial charge >= 0.3 is 11.5 Å². The summed E-state index contributed by atoms with van der Waals surface area (Å²) in [7, 11) is -1.65. The lowest BCUT2D eigenvalue weighted by Gasteiger charge is -2.24. The zero-order chi connectivity index (χ0) is 31.0. The Kier molecular flexibility index (Phi) is 5.14. The van der Waals surface area contributed by atoms with Crippen LogP contribution in [0, 0.1) is 0 Å². The van der Waals surface area contributed by atoms with Crippen LogP contribution in [0.25, 0.3) is 55.6 Å². The molecule has 4 aromatic carbocycles. The average molecular weight is 606 g/mol. The second kappa shape index (κ2) is 8.61. The van der Waals surface area contributed by atoms with Crippen LogP contribution in [-0.2, 0) is 17.6 Å². The maximum atomic E-state index is 6.85. The van der Waals surface area contributed by atoms with Crippen molar-refractivity contribution >= 4 is 46.2 Å². The third kappa shape index (κ3) is 3.27. The largest absolute Gasteiger partial charge is 0.455 e. The van der Waals surface area contributed by atoms with Gasteiger partial charge in [0.15, 0.2) is 22.8 Å². The van der Waals surface area contributed by atoms with E-state index in [1.54, 1.807) is 0 Å². The third-order valence-corrected chi connectivity index (χ3v) is 12.4. The van der Waals surface area contributed by atoms with Crippen LogP contribution in [0.1, 0.15) is 44.4 Å². The Bertz CT molecular complexity index is 2330. The van der Waals surface area contributed by atoms with E-state index < -0.39 is 13.7 Å². The van der Waals surface area contributed by atoms with Crippen LogP contribution in [0.4, 0.5) is 0 Å². The average Bonchev–Trinajstić information content (AvgIpc) is 3.72. The lowest BCUT2D eigenvalue weighted by Crippen LogP contribution is -2.61. The fourth-order valence-corrected chi connectivity index (χ4v) is 9.23. The van der Waals surface area contributed by atoms with E-state index >= 15 is 0 Å². The summed E-state index contributed by atoms with van der Waals surface area (Å²) in [4.78, 5) is 0. The van der Waals surface area contributed by atoms with E-state index in [2.05, 4.69) is 158 Å². The molecular formula is C40H39N3OSi+2. The molecular weight excluding hydrogens is 567 g/mol. The quantitative estimate of drug-likeness (QED) is 0.144. The molecule has 0 N–H and O–H groups in total. The van der Waals surface area contributed by atoms with Gasteiger partial charge in [0.1, 0.15) is 11.1 Å². The van der Waals surface area contributed by atoms with Gasteiger partial charge in [-0.15, -0.1) is 4.57 Å². The van der Waals surface area contributed by atoms with E-state index in [9.17, 15) is 0 Å². The number of pyridine rings is 1. The van der Waals surface area contributed by atoms with Gasteiger partial charge < -0.3 is 4.42 Å². The molecule has 0 saturated carbocycles. The van der Waals surface area contributed by atoms with E-state index in [1.165, 1.54) is 60.9 Å². The molecule has 5 heterocycles. The molecule has 9 rings (SSSR count). The molecule has 1 unspecified atom stereocenters. The summed E-state index contributed by atoms with van der Waals surface area (Å²) in [6, 6.07) is 34.1. The summed E-state index contributed by atoms with van der Waals surface area (Å²) in [6.45, 7) is 17.4. The molecule has 222 valence electrons. The van der Waals surface area contributed by atoms with Crippen molar-refractivity contribution in [1.29, 1.82) is 0 Å². The van der Waals surface area contributed by atoms with Crippen molar-refractivity contribution in [2.24, 2.45) is 0 Å². The highest BCUT2D eigenvalue weighted by Gasteiger charge is 2.67. The first-order valence-corrected chi connectivity index (χ1v) is 19.8. The summed E-state index contributed by atoms with van der Waals surface area (Å²) < 4.78 is 14.6. The minimum atomic E-state index is -1.65. The first kappa shape index (κ1) is 26.9. The molecule has 5 heteroatoms. The van der Waals surface area contributed by atoms with Crippen molar-refractivity contribution in [2.75, 3.05) is 0 Å². The van der Waals surface area contributed by atoms with Gasteiger partial charge in [-0.1, -0.05) is 82.9 Å². The van der Waals surface area contributed by atoms with Crippen molar-refractivity contribution in [1.82, 2.24) is 4.57 Å². The predicted octanol–water partition coefficient (Wildman–Crippen LogP) is 8.24. The Balaban J connectivity index is 1.55. The molecule has 0 bridgehead atoms. The van der Waals surface area contributed by atoms with E-state index in [4.69, 9.17) is 4.42 Å². The van der Waals surface area contributed by atoms with Crippen molar-refractivity contribution in [3.05, 3.63) is 114 Å². The number of aromatic nitrogens is 3. The van der Waals surface area contributed by atoms with Crippen LogP contribution >= 0.6 is 0 Å². The SMILES string of the molecule is CC[n+]1c2n(c3ccccc31)C1(c3cc(C(C)(C)C)ccc3-c3ccc([Si](C)(C)C)c[n+]31)c1ccc3c(oc4ccccc43)c1-2. The number of hydrogen-bond acceptors (Lipinski definition) is 1. The van der Waals surface area contributed by atoms with Gasteiger partial charge in [-0.05, 0) is 60.4 Å². The highest BCUT2D eigenvalue weighted by molar-refractivity contribution is 6.88. The molecule has 0 aliphatic carbocycles. The molecule has 0 saturated heterocycles. The third-order valence-electron chi connectivity index (χ3n) is 10.4. The second-order valence-electron chi connectivity index (χ2n) is 15.0. The Hall–Kier alpha value is -4.48. The molecule has 2 aliphatic heterocycles. The highest BCUT2D eigenvalue weighted by Crippen LogP contribution is 2.55. The van der Waals surface area contributed by atoms with E-state index in [1.807, 2.05) is 0 Å². The van der Waals surface area contributed by atoms with Crippen molar-refractivity contribution in [2.45, 2.75) is 65.0 Å². The Morgan fingerprint density at radius 3 is 2.38 bits per heavy atom. The van der Waals surface area contributed by atoms with Gasteiger partial charge in [0, 0.05) is 22.0 Å². The number of benzene rings is 4. The molecule has 7 aromatic rings. The first-order chi connectivity index (χ1) is 21.5. The maximum Gasteiger partial charge on any atom is 0.364 e. The van der Waals surface area contributed by atoms with Crippen molar-refractivity contribution in [3.63, 3.8) is 0 Å². The number of hydrogen-bond donors (Lipinski definition) is 0. The number of para-hydroxylation sites is 3. The second-order valence-corrected chi connectivity index (χ2v) is 20.0. The normalized spacial score (nSPS) is 17.0. The number of furan rings is 1. The Labute approximate surface area is 265 Å². The van der Waals surface area contributed by atoms with Gasteiger partial charge in [0.05, 0.1) is 31.3 Å². The van der Waals surface area contributed by atoms with Crippen LogP contribution in [-0.4, -0.2) is 12.6 Å². The van der Waals surface area contributed by atoms with Crippen LogP contribution in [0.3, 0.4) is 0 Å². The summed E-state index contributed by atoms with van der Waals surface area (Å²) in [5.41, 5.74) is 11.5. The molecule has 1 spiro atoms. The molecule has 2 aliphatic rings. The summed E-state index contributed by atoms with van der Waals surface area (Å²) >= 11 is 0. The standard InChI is InChI=1S/C40H39N3OSi/c1-8-41-33-14-10-11-15-34(33)43-38(41)36-30(21-20-28-27-13-9-12-16-35(27)44-37(28)36)40(43)31-23-25(39(2,3)4)17-19-29(31)32-22-18-26(24-42(32)40)45(5,6)7/h9-24H,8H2,1-7H3/q+2. The molecule has 45 heavy (non-hydrogen) atoms. The lowest BCUT2D eigenvalue weighted by atomic mass is 9.82. The number of fused-ring (bicyclic) bond motifs is 16. The maximum absolute atomic E-state index is 6.85. The van der Waals surface area contributed by atoms with Gasteiger partial charge in [-0.3, -0.25) is 0 Å². The first-order valence-electron chi connectivity index (χ1n) is 16.3. The summed E-state index contributed by atoms with van der Waals surface area (Å²) in [5.74, 6) is 1.21. The number of nitrogens with zero attached hydrogens (tertiary/aromatic N) is 3. The van der Waals surface area contributed by atoms with Gasteiger partial charge in [-0.25, -0.2) is 4.57 Å². The van der Waals surface area contributed by atoms with Crippen LogP contribution in [0.15, 0.2) is 102 Å². The number of aryl methyl sites for hydroxylation is 1. The van der Waals surface area contributed by atoms with Crippen molar-refractivity contribution in [3.8, 4) is 22.6 Å². The minimum absolute atomic E-state index is 0.00812. The summed E-state index contributed by atoms with van der Waals surface area (Å²) in [6.07, 6.45) is 2.49. The van der Waals surface area contributed by atoms with Gasteiger partial charge in [-0.2, -0.15) is 4.57 Å². The minimum Gasteiger partial charge on any atom is -0.455 e. The van der Waals surface area contributed by atoms with Crippen LogP contribution < -0.4 is 14.3 Å². The molecule has 4 nitrogen and oxygen atoms in total. The zero-order valence-corrected chi connectivity index (χ0v) is 28.2. The Morgan fingerprint density at radius 1 is 0.822 bits per heavy atom. The fraction of sp³-hybridized carbons (Fsp3) is 0.250. The van der Waals surface area contributed by atoms with Gasteiger partial charge in [0.25, 0.3) is 0 Å². The predicted molar refractivity (Wildman–Crippen MR) is 186 cm³/mol. The smallest absolute Gasteiger partial charge is 0.364 e. The molecule has 0 amide bonds. The summed E-state index contributed by atoms with van der Waals surface area (Å²) in [5, 5.41) is 3.79. The topological polar surface area (TPSA) is 25.8 Å². The number of rotatable bonds is 2. The number of imidazole rings is 1. The fourth-order valence-electron chi connectivity index (χ4n) is 8.13. The Morgan fingerprint density at radius 2 is 1.60 bits per heavy atom. The van der Waals surface area contributed by atoms with E-state index in [-0.39, 0.29) is 5.41 Å². The molecule has 1 atom stereocenters. The molecule has 0 fully saturated rings. The van der Waals surface area contributed by atoms with Crippen LogP contribution in [0.5, 0.6) is 0 Å². The van der Waals surface area contributed by atoms with E-state index in [0.29, 0.717) is 0 Å². The van der Waals surface area contributed by atoms with E-state index in [0.717, 1.165) is 23.1 Å². The highest BCUT2D eigenvalue weighted by atomic mass is 28.3. The zero-order valence-electron chi connectivity index (χ0n) is 27.2. The van der Waals surface area contributed by atoms with Crippen molar-refractivity contribution < 1.29 is 13.6 Å². The van der Waals surface area contributed by atoms with Gasteiger partial charge in [0.2, 0.25) is 5.69 Å². The lowest BCUT2D eigenvalue weighted by molar-refractivity contribution is -0.734. The molecule has 0 radical (unpaired) electrons. The monoisotopic (exact) mass is 605 g/mol. The molecule has 3 aromatic heterocycles.